The summed E-state index contributed by atoms with van der Waals surface area (Å²) in [5.41, 5.74) is -2.17. The number of aliphatic hydroxyl groups is 2. The fraction of sp³-hybridized carbons (Fsp3) is 0.824. The van der Waals surface area contributed by atoms with Crippen molar-refractivity contribution >= 4 is 33.8 Å². The van der Waals surface area contributed by atoms with Crippen LogP contribution in [-0.4, -0.2) is 66.5 Å². The van der Waals surface area contributed by atoms with Crippen molar-refractivity contribution in [3.63, 3.8) is 0 Å². The van der Waals surface area contributed by atoms with Crippen molar-refractivity contribution in [3.8, 4) is 0 Å². The van der Waals surface area contributed by atoms with Crippen LogP contribution < -0.4 is 0 Å². The van der Waals surface area contributed by atoms with Crippen LogP contribution in [0.3, 0.4) is 0 Å². The lowest BCUT2D eigenvalue weighted by Crippen LogP contribution is -2.41. The fourth-order valence-electron chi connectivity index (χ4n) is 2.67. The summed E-state index contributed by atoms with van der Waals surface area (Å²) in [6.45, 7) is 4.36. The van der Waals surface area contributed by atoms with E-state index < -0.39 is 33.6 Å². The molecule has 152 valence electrons. The Morgan fingerprint density at radius 1 is 1.00 bits per heavy atom. The van der Waals surface area contributed by atoms with Crippen molar-refractivity contribution < 1.29 is 38.8 Å². The van der Waals surface area contributed by atoms with E-state index in [2.05, 4.69) is 15.9 Å². The van der Waals surface area contributed by atoms with Crippen LogP contribution in [0.25, 0.3) is 0 Å². The molecule has 2 unspecified atom stereocenters. The Morgan fingerprint density at radius 3 is 2.12 bits per heavy atom. The molecule has 0 bridgehead atoms. The molecular formula is C17H29BrO8. The number of ether oxygens (including phenoxy) is 3. The van der Waals surface area contributed by atoms with E-state index in [1.165, 1.54) is 7.11 Å². The van der Waals surface area contributed by atoms with Crippen molar-refractivity contribution in [2.45, 2.75) is 44.9 Å². The normalized spacial score (nSPS) is 14.9. The Kier molecular flexibility index (Phi) is 11.0. The average molecular weight is 441 g/mol. The first-order chi connectivity index (χ1) is 12.0. The molecule has 0 rings (SSSR count). The van der Waals surface area contributed by atoms with Crippen LogP contribution in [0.5, 0.6) is 0 Å². The van der Waals surface area contributed by atoms with Crippen LogP contribution in [0, 0.1) is 10.8 Å². The molecule has 0 fully saturated rings. The minimum atomic E-state index is -1.18. The van der Waals surface area contributed by atoms with E-state index >= 15 is 0 Å². The first kappa shape index (κ1) is 24.8. The van der Waals surface area contributed by atoms with Gasteiger partial charge in [-0.15, -0.1) is 0 Å². The van der Waals surface area contributed by atoms with Gasteiger partial charge >= 0.3 is 17.9 Å². The highest BCUT2D eigenvalue weighted by Crippen LogP contribution is 2.40. The zero-order valence-corrected chi connectivity index (χ0v) is 17.3. The van der Waals surface area contributed by atoms with E-state index in [9.17, 15) is 14.4 Å². The fourth-order valence-corrected chi connectivity index (χ4v) is 3.52. The van der Waals surface area contributed by atoms with Crippen molar-refractivity contribution in [1.29, 1.82) is 0 Å². The molecule has 9 heteroatoms. The van der Waals surface area contributed by atoms with Gasteiger partial charge in [-0.25, -0.2) is 0 Å². The van der Waals surface area contributed by atoms with Gasteiger partial charge in [-0.3, -0.25) is 14.4 Å². The Morgan fingerprint density at radius 2 is 1.62 bits per heavy atom. The van der Waals surface area contributed by atoms with Gasteiger partial charge in [-0.1, -0.05) is 15.9 Å². The number of carbonyl (C=O) groups is 3. The Bertz CT molecular complexity index is 479. The van der Waals surface area contributed by atoms with Gasteiger partial charge in [0.05, 0.1) is 31.2 Å². The van der Waals surface area contributed by atoms with Crippen LogP contribution in [-0.2, 0) is 28.6 Å². The molecule has 0 aromatic carbocycles. The predicted molar refractivity (Wildman–Crippen MR) is 96.6 cm³/mol. The number of carbonyl (C=O) groups excluding carboxylic acids is 3. The number of rotatable bonds is 12. The predicted octanol–water partition coefficient (Wildman–Crippen LogP) is 1.20. The number of hydrogen-bond acceptors (Lipinski definition) is 8. The zero-order valence-electron chi connectivity index (χ0n) is 15.7. The summed E-state index contributed by atoms with van der Waals surface area (Å²) in [6, 6.07) is 0. The molecular weight excluding hydrogens is 412 g/mol. The van der Waals surface area contributed by atoms with Crippen molar-refractivity contribution in [3.05, 3.63) is 0 Å². The number of aliphatic hydroxyl groups excluding tert-OH is 2. The maximum atomic E-state index is 12.6. The summed E-state index contributed by atoms with van der Waals surface area (Å²) in [5, 5.41) is 17.6. The average Bonchev–Trinajstić information content (AvgIpc) is 2.58. The maximum absolute atomic E-state index is 12.6. The van der Waals surface area contributed by atoms with Crippen LogP contribution in [0.2, 0.25) is 0 Å². The molecule has 0 aliphatic carbocycles. The SMILES string of the molecule is COC(=O)C(C)(C)CC(C)(CC(Br)C(=O)OCCO)C(=O)OCCCO. The number of esters is 3. The number of alkyl halides is 1. The van der Waals surface area contributed by atoms with Gasteiger partial charge in [0.2, 0.25) is 0 Å². The quantitative estimate of drug-likeness (QED) is 0.201. The summed E-state index contributed by atoms with van der Waals surface area (Å²) in [6.07, 6.45) is 0.397. The minimum absolute atomic E-state index is 0.0235. The van der Waals surface area contributed by atoms with Crippen LogP contribution in [0.1, 0.15) is 40.0 Å². The van der Waals surface area contributed by atoms with E-state index in [0.717, 1.165) is 0 Å². The first-order valence-corrected chi connectivity index (χ1v) is 9.23. The lowest BCUT2D eigenvalue weighted by Gasteiger charge is -2.35. The third-order valence-electron chi connectivity index (χ3n) is 3.82. The maximum Gasteiger partial charge on any atom is 0.319 e. The van der Waals surface area contributed by atoms with Crippen LogP contribution in [0.4, 0.5) is 0 Å². The summed E-state index contributed by atoms with van der Waals surface area (Å²) in [7, 11) is 1.26. The highest BCUT2D eigenvalue weighted by atomic mass is 79.9. The summed E-state index contributed by atoms with van der Waals surface area (Å²) in [4.78, 5) is 35.8. The van der Waals surface area contributed by atoms with E-state index in [4.69, 9.17) is 24.4 Å². The van der Waals surface area contributed by atoms with Crippen molar-refractivity contribution in [2.24, 2.45) is 10.8 Å². The van der Waals surface area contributed by atoms with Crippen molar-refractivity contribution in [1.82, 2.24) is 0 Å². The minimum Gasteiger partial charge on any atom is -0.469 e. The van der Waals surface area contributed by atoms with Gasteiger partial charge in [-0.05, 0) is 33.6 Å². The van der Waals surface area contributed by atoms with Gasteiger partial charge in [0.25, 0.3) is 0 Å². The second kappa shape index (κ2) is 11.5. The molecule has 8 nitrogen and oxygen atoms in total. The standard InChI is InChI=1S/C17H29BrO8/c1-16(2,14(22)24-4)11-17(3,15(23)26-8-5-6-19)10-12(18)13(21)25-9-7-20/h12,19-20H,5-11H2,1-4H3. The third-order valence-corrected chi connectivity index (χ3v) is 4.52. The second-order valence-corrected chi connectivity index (χ2v) is 7.99. The molecule has 0 amide bonds. The Labute approximate surface area is 162 Å². The monoisotopic (exact) mass is 440 g/mol. The molecule has 0 radical (unpaired) electrons. The van der Waals surface area contributed by atoms with E-state index in [1.54, 1.807) is 20.8 Å². The molecule has 0 spiro atoms. The summed E-state index contributed by atoms with van der Waals surface area (Å²) < 4.78 is 14.9. The topological polar surface area (TPSA) is 119 Å². The molecule has 0 saturated heterocycles. The van der Waals surface area contributed by atoms with E-state index in [0.29, 0.717) is 6.42 Å². The highest BCUT2D eigenvalue weighted by molar-refractivity contribution is 9.10. The molecule has 0 aromatic rings. The summed E-state index contributed by atoms with van der Waals surface area (Å²) >= 11 is 3.20. The number of methoxy groups -OCH3 is 1. The third kappa shape index (κ3) is 8.01. The molecule has 26 heavy (non-hydrogen) atoms. The van der Waals surface area contributed by atoms with Gasteiger partial charge in [0.15, 0.2) is 0 Å². The van der Waals surface area contributed by atoms with Crippen LogP contribution in [0.15, 0.2) is 0 Å². The molecule has 2 N–H and O–H groups in total. The van der Waals surface area contributed by atoms with Crippen molar-refractivity contribution in [2.75, 3.05) is 33.5 Å². The lowest BCUT2D eigenvalue weighted by molar-refractivity contribution is -0.162. The van der Waals surface area contributed by atoms with Gasteiger partial charge < -0.3 is 24.4 Å². The van der Waals surface area contributed by atoms with Crippen LogP contribution >= 0.6 is 15.9 Å². The molecule has 0 aromatic heterocycles. The highest BCUT2D eigenvalue weighted by Gasteiger charge is 2.45. The Hall–Kier alpha value is -1.19. The second-order valence-electron chi connectivity index (χ2n) is 6.89. The van der Waals surface area contributed by atoms with Gasteiger partial charge in [0, 0.05) is 13.0 Å². The molecule has 2 atom stereocenters. The molecule has 0 saturated carbocycles. The van der Waals surface area contributed by atoms with E-state index in [1.807, 2.05) is 0 Å². The molecule has 0 aliphatic rings. The van der Waals surface area contributed by atoms with E-state index in [-0.39, 0.29) is 39.3 Å². The lowest BCUT2D eigenvalue weighted by atomic mass is 9.71. The molecule has 0 aliphatic heterocycles. The largest absolute Gasteiger partial charge is 0.469 e. The molecule has 0 heterocycles. The van der Waals surface area contributed by atoms with Gasteiger partial charge in [-0.2, -0.15) is 0 Å². The Balaban J connectivity index is 5.35. The number of halogens is 1. The smallest absolute Gasteiger partial charge is 0.319 e. The summed E-state index contributed by atoms with van der Waals surface area (Å²) in [5.74, 6) is -1.69. The van der Waals surface area contributed by atoms with Gasteiger partial charge in [0.1, 0.15) is 11.4 Å². The first-order valence-electron chi connectivity index (χ1n) is 8.32. The number of hydrogen-bond donors (Lipinski definition) is 2. The zero-order chi connectivity index (χ0) is 20.4.